The van der Waals surface area contributed by atoms with Crippen LogP contribution in [0.15, 0.2) is 66.7 Å². The van der Waals surface area contributed by atoms with E-state index in [0.29, 0.717) is 22.9 Å². The minimum absolute atomic E-state index is 0.183. The van der Waals surface area contributed by atoms with E-state index in [4.69, 9.17) is 4.74 Å². The maximum atomic E-state index is 14.2. The summed E-state index contributed by atoms with van der Waals surface area (Å²) in [7, 11) is -3.86. The lowest BCUT2D eigenvalue weighted by molar-refractivity contribution is 0.0947. The predicted molar refractivity (Wildman–Crippen MR) is 118 cm³/mol. The van der Waals surface area contributed by atoms with E-state index in [2.05, 4.69) is 5.32 Å². The Morgan fingerprint density at radius 3 is 2.18 bits per heavy atom. The molecule has 6 nitrogen and oxygen atoms in total. The molecule has 1 amide bonds. The highest BCUT2D eigenvalue weighted by molar-refractivity contribution is 7.92. The number of carbonyl (C=O) groups is 1. The number of benzene rings is 3. The van der Waals surface area contributed by atoms with E-state index in [9.17, 15) is 26.4 Å². The molecule has 3 rings (SSSR count). The van der Waals surface area contributed by atoms with Crippen LogP contribution >= 0.6 is 0 Å². The summed E-state index contributed by atoms with van der Waals surface area (Å²) in [6.07, 6.45) is 0.922. The number of hydrogen-bond acceptors (Lipinski definition) is 4. The van der Waals surface area contributed by atoms with Crippen molar-refractivity contribution in [2.45, 2.75) is 6.54 Å². The number of ether oxygens (including phenoxy) is 1. The van der Waals surface area contributed by atoms with Crippen LogP contribution in [0.1, 0.15) is 15.9 Å². The van der Waals surface area contributed by atoms with Gasteiger partial charge < -0.3 is 10.1 Å². The summed E-state index contributed by atoms with van der Waals surface area (Å²) in [6, 6.07) is 14.2. The Balaban J connectivity index is 1.59. The highest BCUT2D eigenvalue weighted by Crippen LogP contribution is 2.25. The average molecular weight is 478 g/mol. The molecule has 0 unspecified atom stereocenters. The van der Waals surface area contributed by atoms with Crippen LogP contribution in [0.25, 0.3) is 0 Å². The Hall–Kier alpha value is -3.53. The fraction of sp³-hybridized carbons (Fsp3) is 0.174. The molecule has 174 valence electrons. The third kappa shape index (κ3) is 6.72. The Kier molecular flexibility index (Phi) is 7.59. The van der Waals surface area contributed by atoms with Gasteiger partial charge in [0.1, 0.15) is 29.8 Å². The van der Waals surface area contributed by atoms with Crippen molar-refractivity contribution in [3.8, 4) is 5.75 Å². The zero-order chi connectivity index (χ0) is 24.0. The van der Waals surface area contributed by atoms with E-state index in [-0.39, 0.29) is 37.1 Å². The zero-order valence-electron chi connectivity index (χ0n) is 17.6. The van der Waals surface area contributed by atoms with Crippen molar-refractivity contribution >= 4 is 21.6 Å². The Morgan fingerprint density at radius 1 is 0.939 bits per heavy atom. The molecule has 3 aromatic carbocycles. The van der Waals surface area contributed by atoms with E-state index in [1.54, 1.807) is 12.1 Å². The van der Waals surface area contributed by atoms with Gasteiger partial charge in [0.15, 0.2) is 0 Å². The fourth-order valence-corrected chi connectivity index (χ4v) is 3.85. The van der Waals surface area contributed by atoms with Gasteiger partial charge in [-0.05, 0) is 54.1 Å². The van der Waals surface area contributed by atoms with Crippen molar-refractivity contribution in [2.24, 2.45) is 0 Å². The second kappa shape index (κ2) is 10.4. The molecule has 0 bridgehead atoms. The molecule has 10 heteroatoms. The standard InChI is InChI=1S/C23H21F3N2O4S/c1-33(30,31)28(22-11-8-19(25)14-21(22)26)15-16-2-4-17(5-3-16)23(29)27-12-13-32-20-9-6-18(24)7-10-20/h2-11,14H,12-13,15H2,1H3,(H,27,29). The second-order valence-electron chi connectivity index (χ2n) is 7.12. The summed E-state index contributed by atoms with van der Waals surface area (Å²) >= 11 is 0. The molecule has 0 heterocycles. The Morgan fingerprint density at radius 2 is 1.58 bits per heavy atom. The number of rotatable bonds is 9. The van der Waals surface area contributed by atoms with Gasteiger partial charge in [0.25, 0.3) is 5.91 Å². The van der Waals surface area contributed by atoms with E-state index >= 15 is 0 Å². The van der Waals surface area contributed by atoms with Crippen LogP contribution in [0.4, 0.5) is 18.9 Å². The molecule has 1 N–H and O–H groups in total. The number of sulfonamides is 1. The fourth-order valence-electron chi connectivity index (χ4n) is 2.96. The lowest BCUT2D eigenvalue weighted by Gasteiger charge is -2.23. The molecule has 0 radical (unpaired) electrons. The van der Waals surface area contributed by atoms with Gasteiger partial charge in [0, 0.05) is 11.6 Å². The quantitative estimate of drug-likeness (QED) is 0.474. The van der Waals surface area contributed by atoms with Crippen LogP contribution in [0.2, 0.25) is 0 Å². The van der Waals surface area contributed by atoms with Crippen LogP contribution in [0, 0.1) is 17.5 Å². The van der Waals surface area contributed by atoms with Crippen LogP contribution < -0.4 is 14.4 Å². The third-order valence-electron chi connectivity index (χ3n) is 4.59. The molecule has 0 aliphatic carbocycles. The van der Waals surface area contributed by atoms with Crippen LogP contribution in [0.5, 0.6) is 5.75 Å². The van der Waals surface area contributed by atoms with E-state index in [1.165, 1.54) is 36.4 Å². The van der Waals surface area contributed by atoms with Gasteiger partial charge in [-0.2, -0.15) is 0 Å². The van der Waals surface area contributed by atoms with Crippen molar-refractivity contribution in [1.29, 1.82) is 0 Å². The normalized spacial score (nSPS) is 11.2. The third-order valence-corrected chi connectivity index (χ3v) is 5.72. The first kappa shape index (κ1) is 24.1. The topological polar surface area (TPSA) is 75.7 Å². The molecule has 0 aliphatic heterocycles. The van der Waals surface area contributed by atoms with Gasteiger partial charge in [-0.25, -0.2) is 21.6 Å². The first-order valence-electron chi connectivity index (χ1n) is 9.82. The molecule has 3 aromatic rings. The maximum Gasteiger partial charge on any atom is 0.251 e. The van der Waals surface area contributed by atoms with Crippen LogP contribution in [0.3, 0.4) is 0 Å². The van der Waals surface area contributed by atoms with Gasteiger partial charge in [-0.1, -0.05) is 12.1 Å². The van der Waals surface area contributed by atoms with Crippen molar-refractivity contribution in [3.63, 3.8) is 0 Å². The van der Waals surface area contributed by atoms with Gasteiger partial charge >= 0.3 is 0 Å². The van der Waals surface area contributed by atoms with Gasteiger partial charge in [0.2, 0.25) is 10.0 Å². The maximum absolute atomic E-state index is 14.2. The van der Waals surface area contributed by atoms with E-state index in [1.807, 2.05) is 0 Å². The minimum Gasteiger partial charge on any atom is -0.492 e. The molecule has 0 aromatic heterocycles. The largest absolute Gasteiger partial charge is 0.492 e. The first-order valence-corrected chi connectivity index (χ1v) is 11.7. The zero-order valence-corrected chi connectivity index (χ0v) is 18.4. The number of carbonyl (C=O) groups excluding carboxylic acids is 1. The number of amides is 1. The summed E-state index contributed by atoms with van der Waals surface area (Å²) in [5, 5.41) is 2.67. The van der Waals surface area contributed by atoms with Crippen molar-refractivity contribution < 1.29 is 31.1 Å². The monoisotopic (exact) mass is 478 g/mol. The lowest BCUT2D eigenvalue weighted by Crippen LogP contribution is -2.30. The van der Waals surface area contributed by atoms with E-state index < -0.39 is 21.7 Å². The highest BCUT2D eigenvalue weighted by atomic mass is 32.2. The predicted octanol–water partition coefficient (Wildman–Crippen LogP) is 3.88. The van der Waals surface area contributed by atoms with Crippen LogP contribution in [-0.2, 0) is 16.6 Å². The average Bonchev–Trinajstić information content (AvgIpc) is 2.76. The summed E-state index contributed by atoms with van der Waals surface area (Å²) < 4.78 is 70.8. The molecule has 33 heavy (non-hydrogen) atoms. The summed E-state index contributed by atoms with van der Waals surface area (Å²) in [4.78, 5) is 12.3. The highest BCUT2D eigenvalue weighted by Gasteiger charge is 2.21. The van der Waals surface area contributed by atoms with Crippen molar-refractivity contribution in [3.05, 3.63) is 95.3 Å². The Bertz CT molecular complexity index is 1220. The lowest BCUT2D eigenvalue weighted by atomic mass is 10.1. The second-order valence-corrected chi connectivity index (χ2v) is 9.03. The minimum atomic E-state index is -3.86. The van der Waals surface area contributed by atoms with E-state index in [0.717, 1.165) is 22.7 Å². The first-order chi connectivity index (χ1) is 15.6. The summed E-state index contributed by atoms with van der Waals surface area (Å²) in [5.41, 5.74) is 0.557. The number of hydrogen-bond donors (Lipinski definition) is 1. The molecular formula is C23H21F3N2O4S. The number of nitrogens with one attached hydrogen (secondary N) is 1. The molecule has 0 saturated heterocycles. The molecule has 0 spiro atoms. The summed E-state index contributed by atoms with van der Waals surface area (Å²) in [5.74, 6) is -2.08. The van der Waals surface area contributed by atoms with Crippen molar-refractivity contribution in [2.75, 3.05) is 23.7 Å². The Labute approximate surface area is 189 Å². The molecule has 0 fully saturated rings. The van der Waals surface area contributed by atoms with Gasteiger partial charge in [0.05, 0.1) is 25.0 Å². The van der Waals surface area contributed by atoms with Crippen molar-refractivity contribution in [1.82, 2.24) is 5.32 Å². The number of nitrogens with zero attached hydrogens (tertiary/aromatic N) is 1. The van der Waals surface area contributed by atoms with Gasteiger partial charge in [-0.15, -0.1) is 0 Å². The number of halogens is 3. The summed E-state index contributed by atoms with van der Waals surface area (Å²) in [6.45, 7) is 0.195. The smallest absolute Gasteiger partial charge is 0.251 e. The molecule has 0 atom stereocenters. The SMILES string of the molecule is CS(=O)(=O)N(Cc1ccc(C(=O)NCCOc2ccc(F)cc2)cc1)c1ccc(F)cc1F. The van der Waals surface area contributed by atoms with Crippen LogP contribution in [-0.4, -0.2) is 33.7 Å². The van der Waals surface area contributed by atoms with Gasteiger partial charge in [-0.3, -0.25) is 9.10 Å². The number of anilines is 1. The molecular weight excluding hydrogens is 457 g/mol. The molecule has 0 saturated carbocycles. The molecule has 0 aliphatic rings.